The number of rotatable bonds is 8. The van der Waals surface area contributed by atoms with Gasteiger partial charge in [-0.25, -0.2) is 13.2 Å². The molecule has 0 aliphatic heterocycles. The van der Waals surface area contributed by atoms with E-state index in [4.69, 9.17) is 14.3 Å². The Morgan fingerprint density at radius 1 is 1.23 bits per heavy atom. The number of carboxylic acids is 1. The zero-order valence-corrected chi connectivity index (χ0v) is 15.1. The number of nitrogens with one attached hydrogen (secondary N) is 1. The Kier molecular flexibility index (Phi) is 6.04. The number of aromatic carboxylic acids is 1. The molecular weight excluding hydrogens is 362 g/mol. The molecule has 2 rings (SSSR count). The SMILES string of the molecule is CCc1oc(C(=O)NCCOc2ccc(S(C)(=O)=O)cc2)cc1C(=O)O. The molecule has 0 atom stereocenters. The highest BCUT2D eigenvalue weighted by Gasteiger charge is 2.19. The Morgan fingerprint density at radius 2 is 1.88 bits per heavy atom. The van der Waals surface area contributed by atoms with Gasteiger partial charge in [0.1, 0.15) is 23.7 Å². The van der Waals surface area contributed by atoms with E-state index in [1.807, 2.05) is 0 Å². The van der Waals surface area contributed by atoms with Crippen LogP contribution in [-0.2, 0) is 16.3 Å². The maximum Gasteiger partial charge on any atom is 0.339 e. The van der Waals surface area contributed by atoms with Crippen LogP contribution in [0.1, 0.15) is 33.6 Å². The van der Waals surface area contributed by atoms with E-state index in [1.165, 1.54) is 30.3 Å². The third-order valence-electron chi connectivity index (χ3n) is 3.49. The monoisotopic (exact) mass is 381 g/mol. The molecule has 0 radical (unpaired) electrons. The molecule has 8 nitrogen and oxygen atoms in total. The smallest absolute Gasteiger partial charge is 0.339 e. The van der Waals surface area contributed by atoms with Crippen LogP contribution in [0.2, 0.25) is 0 Å². The predicted octanol–water partition coefficient (Wildman–Crippen LogP) is 1.75. The second kappa shape index (κ2) is 8.05. The van der Waals surface area contributed by atoms with Crippen LogP contribution in [0.3, 0.4) is 0 Å². The summed E-state index contributed by atoms with van der Waals surface area (Å²) in [5, 5.41) is 11.6. The van der Waals surface area contributed by atoms with E-state index >= 15 is 0 Å². The number of hydrogen-bond donors (Lipinski definition) is 2. The van der Waals surface area contributed by atoms with Gasteiger partial charge >= 0.3 is 5.97 Å². The highest BCUT2D eigenvalue weighted by atomic mass is 32.2. The van der Waals surface area contributed by atoms with Gasteiger partial charge in [-0.2, -0.15) is 0 Å². The lowest BCUT2D eigenvalue weighted by Gasteiger charge is -2.07. The summed E-state index contributed by atoms with van der Waals surface area (Å²) in [6.45, 7) is 2.05. The molecule has 140 valence electrons. The van der Waals surface area contributed by atoms with Crippen molar-refractivity contribution in [3.8, 4) is 5.75 Å². The lowest BCUT2D eigenvalue weighted by molar-refractivity contribution is 0.0694. The van der Waals surface area contributed by atoms with Crippen LogP contribution in [-0.4, -0.2) is 44.8 Å². The summed E-state index contributed by atoms with van der Waals surface area (Å²) in [6, 6.07) is 7.12. The normalized spacial score (nSPS) is 11.2. The highest BCUT2D eigenvalue weighted by Crippen LogP contribution is 2.17. The fourth-order valence-electron chi connectivity index (χ4n) is 2.19. The van der Waals surface area contributed by atoms with Crippen molar-refractivity contribution < 1.29 is 32.3 Å². The summed E-state index contributed by atoms with van der Waals surface area (Å²) in [5.74, 6) is -1.05. The Bertz CT molecular complexity index is 898. The molecule has 0 aliphatic rings. The third-order valence-corrected chi connectivity index (χ3v) is 4.62. The average Bonchev–Trinajstić information content (AvgIpc) is 3.03. The van der Waals surface area contributed by atoms with Gasteiger partial charge in [0.2, 0.25) is 0 Å². The van der Waals surface area contributed by atoms with Gasteiger partial charge in [0, 0.05) is 18.7 Å². The zero-order chi connectivity index (χ0) is 19.3. The van der Waals surface area contributed by atoms with Gasteiger partial charge in [0.25, 0.3) is 5.91 Å². The molecule has 0 fully saturated rings. The Morgan fingerprint density at radius 3 is 2.38 bits per heavy atom. The molecule has 0 saturated heterocycles. The van der Waals surface area contributed by atoms with Crippen LogP contribution < -0.4 is 10.1 Å². The molecule has 2 N–H and O–H groups in total. The van der Waals surface area contributed by atoms with Crippen molar-refractivity contribution in [1.29, 1.82) is 0 Å². The van der Waals surface area contributed by atoms with E-state index in [0.717, 1.165) is 6.26 Å². The minimum atomic E-state index is -3.26. The van der Waals surface area contributed by atoms with Crippen molar-refractivity contribution in [1.82, 2.24) is 5.32 Å². The number of sulfone groups is 1. The molecule has 9 heteroatoms. The minimum absolute atomic E-state index is 0.0279. The van der Waals surface area contributed by atoms with Gasteiger partial charge in [-0.05, 0) is 24.3 Å². The number of aryl methyl sites for hydroxylation is 1. The summed E-state index contributed by atoms with van der Waals surface area (Å²) in [7, 11) is -3.26. The predicted molar refractivity (Wildman–Crippen MR) is 92.4 cm³/mol. The largest absolute Gasteiger partial charge is 0.492 e. The fraction of sp³-hybridized carbons (Fsp3) is 0.294. The first kappa shape index (κ1) is 19.5. The van der Waals surface area contributed by atoms with E-state index in [1.54, 1.807) is 6.92 Å². The first-order valence-corrected chi connectivity index (χ1v) is 9.68. The van der Waals surface area contributed by atoms with Gasteiger partial charge in [0.05, 0.1) is 11.4 Å². The number of carbonyl (C=O) groups excluding carboxylic acids is 1. The average molecular weight is 381 g/mol. The molecule has 2 aromatic rings. The van der Waals surface area contributed by atoms with Crippen LogP contribution in [0.4, 0.5) is 0 Å². The van der Waals surface area contributed by atoms with Crippen molar-refractivity contribution >= 4 is 21.7 Å². The molecule has 0 aliphatic carbocycles. The first-order chi connectivity index (χ1) is 12.2. The molecule has 1 heterocycles. The van der Waals surface area contributed by atoms with Crippen LogP contribution in [0.5, 0.6) is 5.75 Å². The lowest BCUT2D eigenvalue weighted by atomic mass is 10.2. The standard InChI is InChI=1S/C17H19NO7S/c1-3-14-13(17(20)21)10-15(25-14)16(19)18-8-9-24-11-4-6-12(7-5-11)26(2,22)23/h4-7,10H,3,8-9H2,1-2H3,(H,18,19)(H,20,21). The maximum atomic E-state index is 12.0. The van der Waals surface area contributed by atoms with Gasteiger partial charge in [-0.15, -0.1) is 0 Å². The highest BCUT2D eigenvalue weighted by molar-refractivity contribution is 7.90. The van der Waals surface area contributed by atoms with Gasteiger partial charge in [-0.1, -0.05) is 6.92 Å². The minimum Gasteiger partial charge on any atom is -0.492 e. The molecule has 1 aromatic heterocycles. The molecule has 0 saturated carbocycles. The summed E-state index contributed by atoms with van der Waals surface area (Å²) >= 11 is 0. The second-order valence-corrected chi connectivity index (χ2v) is 7.47. The van der Waals surface area contributed by atoms with E-state index in [9.17, 15) is 18.0 Å². The van der Waals surface area contributed by atoms with Crippen LogP contribution in [0.15, 0.2) is 39.6 Å². The van der Waals surface area contributed by atoms with E-state index < -0.39 is 21.7 Å². The number of ether oxygens (including phenoxy) is 1. The number of furan rings is 1. The number of benzene rings is 1. The number of carboxylic acid groups (broad SMARTS) is 1. The quantitative estimate of drug-likeness (QED) is 0.668. The molecule has 0 bridgehead atoms. The summed E-state index contributed by atoms with van der Waals surface area (Å²) < 4.78 is 33.4. The Balaban J connectivity index is 1.86. The van der Waals surface area contributed by atoms with Crippen molar-refractivity contribution in [3.05, 3.63) is 47.4 Å². The van der Waals surface area contributed by atoms with Crippen LogP contribution in [0.25, 0.3) is 0 Å². The van der Waals surface area contributed by atoms with Crippen molar-refractivity contribution in [2.45, 2.75) is 18.2 Å². The van der Waals surface area contributed by atoms with Crippen molar-refractivity contribution in [2.24, 2.45) is 0 Å². The molecule has 0 spiro atoms. The number of amides is 1. The first-order valence-electron chi connectivity index (χ1n) is 7.79. The number of hydrogen-bond acceptors (Lipinski definition) is 6. The van der Waals surface area contributed by atoms with Crippen LogP contribution >= 0.6 is 0 Å². The molecule has 1 aromatic carbocycles. The summed E-state index contributed by atoms with van der Waals surface area (Å²) in [4.78, 5) is 23.3. The van der Waals surface area contributed by atoms with Gasteiger partial charge < -0.3 is 19.6 Å². The fourth-order valence-corrected chi connectivity index (χ4v) is 2.82. The second-order valence-electron chi connectivity index (χ2n) is 5.45. The molecule has 0 unspecified atom stereocenters. The van der Waals surface area contributed by atoms with E-state index in [2.05, 4.69) is 5.32 Å². The third kappa shape index (κ3) is 4.85. The Labute approximate surface area is 150 Å². The van der Waals surface area contributed by atoms with Crippen molar-refractivity contribution in [2.75, 3.05) is 19.4 Å². The summed E-state index contributed by atoms with van der Waals surface area (Å²) in [5.41, 5.74) is -0.0279. The van der Waals surface area contributed by atoms with Crippen LogP contribution in [0, 0.1) is 0 Å². The Hall–Kier alpha value is -2.81. The molecular formula is C17H19NO7S. The number of carbonyl (C=O) groups is 2. The van der Waals surface area contributed by atoms with Gasteiger partial charge in [0.15, 0.2) is 15.6 Å². The zero-order valence-electron chi connectivity index (χ0n) is 14.3. The van der Waals surface area contributed by atoms with Crippen molar-refractivity contribution in [3.63, 3.8) is 0 Å². The molecule has 26 heavy (non-hydrogen) atoms. The topological polar surface area (TPSA) is 123 Å². The van der Waals surface area contributed by atoms with E-state index in [-0.39, 0.29) is 35.1 Å². The molecule has 1 amide bonds. The maximum absolute atomic E-state index is 12.0. The lowest BCUT2D eigenvalue weighted by Crippen LogP contribution is -2.27. The van der Waals surface area contributed by atoms with E-state index in [0.29, 0.717) is 12.2 Å². The summed E-state index contributed by atoms with van der Waals surface area (Å²) in [6.07, 6.45) is 1.48. The van der Waals surface area contributed by atoms with Gasteiger partial charge in [-0.3, -0.25) is 4.79 Å².